The molecular weight excluding hydrogens is 460 g/mol. The molecule has 2 aromatic rings. The zero-order valence-electron chi connectivity index (χ0n) is 21.0. The summed E-state index contributed by atoms with van der Waals surface area (Å²) in [7, 11) is 0. The summed E-state index contributed by atoms with van der Waals surface area (Å²) in [6.07, 6.45) is 13.8. The molecule has 0 radical (unpaired) electrons. The average molecular weight is 497 g/mol. The Balaban J connectivity index is 1.25. The van der Waals surface area contributed by atoms with Crippen molar-refractivity contribution in [2.75, 3.05) is 6.61 Å². The molecule has 5 rings (SSSR count). The third kappa shape index (κ3) is 5.34. The molecule has 2 bridgehead atoms. The Morgan fingerprint density at radius 3 is 2.69 bits per heavy atom. The normalized spacial score (nSPS) is 24.5. The van der Waals surface area contributed by atoms with Crippen LogP contribution in [0, 0.1) is 11.8 Å². The lowest BCUT2D eigenvalue weighted by Crippen LogP contribution is -2.42. The predicted octanol–water partition coefficient (Wildman–Crippen LogP) is 4.50. The first-order valence-electron chi connectivity index (χ1n) is 13.4. The minimum atomic E-state index is -0.510. The molecule has 1 aliphatic carbocycles. The van der Waals surface area contributed by atoms with Gasteiger partial charge in [-0.15, -0.1) is 0 Å². The third-order valence-electron chi connectivity index (χ3n) is 8.00. The maximum Gasteiger partial charge on any atom is 0.337 e. The van der Waals surface area contributed by atoms with Crippen LogP contribution in [0.2, 0.25) is 0 Å². The lowest BCUT2D eigenvalue weighted by Gasteiger charge is -2.39. The predicted molar refractivity (Wildman–Crippen MR) is 137 cm³/mol. The monoisotopic (exact) mass is 496 g/mol. The van der Waals surface area contributed by atoms with E-state index in [-0.39, 0.29) is 23.2 Å². The second-order valence-corrected chi connectivity index (χ2v) is 10.4. The van der Waals surface area contributed by atoms with E-state index in [1.807, 2.05) is 6.92 Å². The Hall–Kier alpha value is -3.10. The lowest BCUT2D eigenvalue weighted by molar-refractivity contribution is 0.0595. The van der Waals surface area contributed by atoms with Crippen LogP contribution >= 0.6 is 0 Å². The van der Waals surface area contributed by atoms with Crippen molar-refractivity contribution in [3.8, 4) is 6.01 Å². The maximum absolute atomic E-state index is 12.9. The van der Waals surface area contributed by atoms with E-state index in [1.165, 1.54) is 38.2 Å². The molecule has 0 spiro atoms. The molecule has 2 unspecified atom stereocenters. The van der Waals surface area contributed by atoms with Crippen LogP contribution in [0.4, 0.5) is 0 Å². The minimum absolute atomic E-state index is 0.00381. The molecule has 4 heterocycles. The van der Waals surface area contributed by atoms with Gasteiger partial charge in [0, 0.05) is 30.3 Å². The highest BCUT2D eigenvalue weighted by molar-refractivity contribution is 5.75. The second kappa shape index (κ2) is 10.9. The van der Waals surface area contributed by atoms with Crippen LogP contribution in [0.5, 0.6) is 6.01 Å². The van der Waals surface area contributed by atoms with E-state index in [2.05, 4.69) is 26.6 Å². The second-order valence-electron chi connectivity index (χ2n) is 10.4. The smallest absolute Gasteiger partial charge is 0.337 e. The summed E-state index contributed by atoms with van der Waals surface area (Å²) in [6.45, 7) is 6.68. The zero-order valence-corrected chi connectivity index (χ0v) is 21.0. The molecule has 3 aliphatic rings. The Morgan fingerprint density at radius 2 is 1.97 bits per heavy atom. The standard InChI is InChI=1S/C27H36N4O5/c1-3-34-17(2)31-21-11-12-22(31)14-19(13-21)16-28-36-27-29-25(33)24-20(15-23(32)35-26(24)30-27)10-9-18-7-5-4-6-8-18/h15-16,18-19,21-22H,2-14H2,1H3,(H,29,30,33)/b28-16+. The van der Waals surface area contributed by atoms with E-state index in [4.69, 9.17) is 14.0 Å². The number of hydrogen-bond donors (Lipinski definition) is 1. The van der Waals surface area contributed by atoms with Crippen LogP contribution in [0.3, 0.4) is 0 Å². The van der Waals surface area contributed by atoms with Gasteiger partial charge in [0.25, 0.3) is 5.56 Å². The molecule has 2 saturated heterocycles. The number of piperidine rings is 1. The van der Waals surface area contributed by atoms with Gasteiger partial charge in [0.15, 0.2) is 5.88 Å². The molecule has 0 amide bonds. The van der Waals surface area contributed by atoms with E-state index in [0.29, 0.717) is 42.0 Å². The fourth-order valence-corrected chi connectivity index (χ4v) is 6.36. The van der Waals surface area contributed by atoms with Gasteiger partial charge in [-0.05, 0) is 63.5 Å². The van der Waals surface area contributed by atoms with Gasteiger partial charge in [-0.3, -0.25) is 9.78 Å². The fraction of sp³-hybridized carbons (Fsp3) is 0.630. The van der Waals surface area contributed by atoms with E-state index >= 15 is 0 Å². The summed E-state index contributed by atoms with van der Waals surface area (Å²) in [5.41, 5.74) is -0.208. The van der Waals surface area contributed by atoms with Gasteiger partial charge in [-0.1, -0.05) is 37.3 Å². The Morgan fingerprint density at radius 1 is 1.22 bits per heavy atom. The Kier molecular flexibility index (Phi) is 7.43. The fourth-order valence-electron chi connectivity index (χ4n) is 6.36. The van der Waals surface area contributed by atoms with E-state index in [1.54, 1.807) is 6.21 Å². The average Bonchev–Trinajstić information content (AvgIpc) is 3.13. The zero-order chi connectivity index (χ0) is 25.1. The highest BCUT2D eigenvalue weighted by Gasteiger charge is 2.41. The molecule has 2 aromatic heterocycles. The third-order valence-corrected chi connectivity index (χ3v) is 8.00. The number of oxime groups is 1. The van der Waals surface area contributed by atoms with Gasteiger partial charge in [0.05, 0.1) is 6.61 Å². The SMILES string of the molecule is C=C(OCC)N1C2CCC1CC(/C=N/Oc1nc3oc(=O)cc(CCC4CCCCC4)c3c(=O)[nH]1)C2. The lowest BCUT2D eigenvalue weighted by atomic mass is 9.85. The number of aromatic amines is 1. The largest absolute Gasteiger partial charge is 0.480 e. The first kappa shape index (κ1) is 24.6. The minimum Gasteiger partial charge on any atom is -0.480 e. The van der Waals surface area contributed by atoms with Crippen LogP contribution in [-0.2, 0) is 11.2 Å². The highest BCUT2D eigenvalue weighted by atomic mass is 16.6. The molecule has 9 nitrogen and oxygen atoms in total. The van der Waals surface area contributed by atoms with Crippen molar-refractivity contribution in [1.82, 2.24) is 14.9 Å². The molecule has 1 saturated carbocycles. The number of aryl methyl sites for hydroxylation is 1. The van der Waals surface area contributed by atoms with Gasteiger partial charge >= 0.3 is 11.6 Å². The molecule has 36 heavy (non-hydrogen) atoms. The summed E-state index contributed by atoms with van der Waals surface area (Å²) in [5, 5.41) is 4.43. The number of fused-ring (bicyclic) bond motifs is 3. The van der Waals surface area contributed by atoms with E-state index in [0.717, 1.165) is 38.0 Å². The van der Waals surface area contributed by atoms with Crippen molar-refractivity contribution in [3.63, 3.8) is 0 Å². The summed E-state index contributed by atoms with van der Waals surface area (Å²) in [4.78, 5) is 39.7. The first-order valence-corrected chi connectivity index (χ1v) is 13.4. The van der Waals surface area contributed by atoms with E-state index in [9.17, 15) is 9.59 Å². The molecule has 2 aliphatic heterocycles. The molecule has 0 aromatic carbocycles. The van der Waals surface area contributed by atoms with Crippen molar-refractivity contribution in [2.24, 2.45) is 17.0 Å². The first-order chi connectivity index (χ1) is 17.5. The summed E-state index contributed by atoms with van der Waals surface area (Å²) in [5.74, 6) is 1.66. The van der Waals surface area contributed by atoms with Crippen molar-refractivity contribution in [1.29, 1.82) is 0 Å². The van der Waals surface area contributed by atoms with Crippen LogP contribution in [-0.4, -0.2) is 39.8 Å². The molecule has 1 N–H and O–H groups in total. The molecule has 9 heteroatoms. The molecule has 194 valence electrons. The van der Waals surface area contributed by atoms with Crippen LogP contribution in [0.15, 0.2) is 37.7 Å². The summed E-state index contributed by atoms with van der Waals surface area (Å²) >= 11 is 0. The number of hydrogen-bond acceptors (Lipinski definition) is 8. The number of H-pyrrole nitrogens is 1. The maximum atomic E-state index is 12.9. The van der Waals surface area contributed by atoms with Gasteiger partial charge in [-0.2, -0.15) is 4.98 Å². The molecular formula is C27H36N4O5. The number of aromatic nitrogens is 2. The van der Waals surface area contributed by atoms with Gasteiger partial charge in [0.1, 0.15) is 5.39 Å². The van der Waals surface area contributed by atoms with Gasteiger partial charge in [-0.25, -0.2) is 4.79 Å². The molecule has 2 atom stereocenters. The van der Waals surface area contributed by atoms with Crippen molar-refractivity contribution in [3.05, 3.63) is 44.9 Å². The van der Waals surface area contributed by atoms with Crippen LogP contribution in [0.1, 0.15) is 76.7 Å². The van der Waals surface area contributed by atoms with Gasteiger partial charge in [0.2, 0.25) is 5.71 Å². The van der Waals surface area contributed by atoms with E-state index < -0.39 is 5.63 Å². The number of rotatable bonds is 9. The summed E-state index contributed by atoms with van der Waals surface area (Å²) in [6, 6.07) is 2.11. The molecule has 3 fully saturated rings. The Labute approximate surface area is 210 Å². The van der Waals surface area contributed by atoms with Crippen molar-refractivity contribution in [2.45, 2.75) is 89.6 Å². The van der Waals surface area contributed by atoms with Gasteiger partial charge < -0.3 is 18.9 Å². The van der Waals surface area contributed by atoms with Crippen molar-refractivity contribution < 1.29 is 14.0 Å². The van der Waals surface area contributed by atoms with Crippen molar-refractivity contribution >= 4 is 17.3 Å². The number of ether oxygens (including phenoxy) is 1. The topological polar surface area (TPSA) is 110 Å². The highest BCUT2D eigenvalue weighted by Crippen LogP contribution is 2.40. The van der Waals surface area contributed by atoms with Crippen LogP contribution < -0.4 is 16.0 Å². The Bertz CT molecular complexity index is 1210. The van der Waals surface area contributed by atoms with Crippen LogP contribution in [0.25, 0.3) is 11.1 Å². The quantitative estimate of drug-likeness (QED) is 0.309. The number of nitrogens with one attached hydrogen (secondary N) is 1. The summed E-state index contributed by atoms with van der Waals surface area (Å²) < 4.78 is 10.9. The number of nitrogens with zero attached hydrogens (tertiary/aromatic N) is 3.